The maximum absolute atomic E-state index is 12.2. The lowest BCUT2D eigenvalue weighted by molar-refractivity contribution is -0.120. The molecule has 8 nitrogen and oxygen atoms in total. The number of amides is 2. The van der Waals surface area contributed by atoms with Gasteiger partial charge in [-0.3, -0.25) is 13.9 Å². The van der Waals surface area contributed by atoms with Gasteiger partial charge in [-0.2, -0.15) is 0 Å². The van der Waals surface area contributed by atoms with Crippen LogP contribution in [0.15, 0.2) is 24.3 Å². The summed E-state index contributed by atoms with van der Waals surface area (Å²) in [7, 11) is -0.381. The Hall–Kier alpha value is -2.13. The molecule has 1 fully saturated rings. The molecule has 9 heteroatoms. The predicted octanol–water partition coefficient (Wildman–Crippen LogP) is 0.450. The minimum absolute atomic E-state index is 0.0121. The van der Waals surface area contributed by atoms with Crippen LogP contribution in [0.2, 0.25) is 0 Å². The zero-order valence-electron chi connectivity index (χ0n) is 15.3. The normalized spacial score (nSPS) is 17.0. The standard InChI is InChI=1S/C17H25N3O5S/c1-19(2)17(22)13-6-8-14(9-7-13)20(26(3,23)24)12-16(21)18-11-15-5-4-10-25-15/h6-9,15H,4-5,10-12H2,1-3H3,(H,18,21). The summed E-state index contributed by atoms with van der Waals surface area (Å²) < 4.78 is 30.7. The summed E-state index contributed by atoms with van der Waals surface area (Å²) in [6.07, 6.45) is 2.88. The van der Waals surface area contributed by atoms with Gasteiger partial charge >= 0.3 is 0 Å². The number of nitrogens with one attached hydrogen (secondary N) is 1. The molecule has 144 valence electrons. The van der Waals surface area contributed by atoms with Crippen molar-refractivity contribution >= 4 is 27.5 Å². The fraction of sp³-hybridized carbons (Fsp3) is 0.529. The second-order valence-electron chi connectivity index (χ2n) is 6.46. The van der Waals surface area contributed by atoms with Crippen LogP contribution in [-0.2, 0) is 19.6 Å². The highest BCUT2D eigenvalue weighted by molar-refractivity contribution is 7.92. The molecular weight excluding hydrogens is 358 g/mol. The molecule has 0 saturated carbocycles. The summed E-state index contributed by atoms with van der Waals surface area (Å²) in [5.74, 6) is -0.587. The van der Waals surface area contributed by atoms with E-state index in [1.165, 1.54) is 17.0 Å². The number of ether oxygens (including phenoxy) is 1. The Morgan fingerprint density at radius 1 is 1.23 bits per heavy atom. The molecular formula is C17H25N3O5S. The minimum Gasteiger partial charge on any atom is -0.376 e. The summed E-state index contributed by atoms with van der Waals surface area (Å²) in [6.45, 7) is 0.729. The van der Waals surface area contributed by atoms with Crippen molar-refractivity contribution in [1.29, 1.82) is 0 Å². The van der Waals surface area contributed by atoms with Gasteiger partial charge in [0.05, 0.1) is 18.0 Å². The van der Waals surface area contributed by atoms with E-state index in [4.69, 9.17) is 4.74 Å². The van der Waals surface area contributed by atoms with Gasteiger partial charge < -0.3 is 15.0 Å². The Bertz CT molecular complexity index is 740. The van der Waals surface area contributed by atoms with Gasteiger partial charge in [0.25, 0.3) is 5.91 Å². The van der Waals surface area contributed by atoms with E-state index in [9.17, 15) is 18.0 Å². The molecule has 1 atom stereocenters. The zero-order valence-corrected chi connectivity index (χ0v) is 16.1. The van der Waals surface area contributed by atoms with Crippen molar-refractivity contribution in [3.05, 3.63) is 29.8 Å². The molecule has 1 unspecified atom stereocenters. The van der Waals surface area contributed by atoms with Gasteiger partial charge in [0.2, 0.25) is 15.9 Å². The summed E-state index contributed by atoms with van der Waals surface area (Å²) in [6, 6.07) is 6.12. The number of sulfonamides is 1. The average molecular weight is 383 g/mol. The first-order valence-corrected chi connectivity index (χ1v) is 10.2. The third-order valence-corrected chi connectivity index (χ3v) is 5.19. The number of benzene rings is 1. The van der Waals surface area contributed by atoms with Crippen LogP contribution in [-0.4, -0.2) is 71.3 Å². The number of anilines is 1. The quantitative estimate of drug-likeness (QED) is 0.738. The molecule has 0 bridgehead atoms. The summed E-state index contributed by atoms with van der Waals surface area (Å²) >= 11 is 0. The van der Waals surface area contributed by atoms with Gasteiger partial charge in [0, 0.05) is 32.8 Å². The van der Waals surface area contributed by atoms with Crippen LogP contribution >= 0.6 is 0 Å². The van der Waals surface area contributed by atoms with Crippen molar-refractivity contribution in [2.75, 3.05) is 44.4 Å². The maximum atomic E-state index is 12.2. The van der Waals surface area contributed by atoms with Gasteiger partial charge in [-0.1, -0.05) is 0 Å². The molecule has 26 heavy (non-hydrogen) atoms. The predicted molar refractivity (Wildman–Crippen MR) is 98.6 cm³/mol. The van der Waals surface area contributed by atoms with Crippen LogP contribution in [0.4, 0.5) is 5.69 Å². The van der Waals surface area contributed by atoms with Crippen LogP contribution in [0, 0.1) is 0 Å². The molecule has 0 radical (unpaired) electrons. The minimum atomic E-state index is -3.65. The molecule has 0 aromatic heterocycles. The van der Waals surface area contributed by atoms with Crippen molar-refractivity contribution in [3.63, 3.8) is 0 Å². The molecule has 1 aliphatic rings. The molecule has 1 aromatic rings. The van der Waals surface area contributed by atoms with Crippen molar-refractivity contribution in [1.82, 2.24) is 10.2 Å². The van der Waals surface area contributed by atoms with Gasteiger partial charge in [0.15, 0.2) is 0 Å². The molecule has 0 aliphatic carbocycles. The molecule has 0 spiro atoms. The van der Waals surface area contributed by atoms with Crippen LogP contribution in [0.1, 0.15) is 23.2 Å². The van der Waals surface area contributed by atoms with Crippen LogP contribution in [0.5, 0.6) is 0 Å². The van der Waals surface area contributed by atoms with Crippen molar-refractivity contribution in [2.24, 2.45) is 0 Å². The van der Waals surface area contributed by atoms with E-state index in [-0.39, 0.29) is 18.6 Å². The lowest BCUT2D eigenvalue weighted by Crippen LogP contribution is -2.42. The molecule has 2 rings (SSSR count). The molecule has 1 aliphatic heterocycles. The van der Waals surface area contributed by atoms with Gasteiger partial charge in [-0.25, -0.2) is 8.42 Å². The highest BCUT2D eigenvalue weighted by Crippen LogP contribution is 2.19. The smallest absolute Gasteiger partial charge is 0.253 e. The third kappa shape index (κ3) is 5.43. The number of carbonyl (C=O) groups is 2. The second-order valence-corrected chi connectivity index (χ2v) is 8.36. The van der Waals surface area contributed by atoms with Crippen LogP contribution in [0.25, 0.3) is 0 Å². The van der Waals surface area contributed by atoms with E-state index in [1.807, 2.05) is 0 Å². The van der Waals surface area contributed by atoms with Crippen molar-refractivity contribution in [2.45, 2.75) is 18.9 Å². The lowest BCUT2D eigenvalue weighted by atomic mass is 10.2. The molecule has 1 aromatic carbocycles. The Morgan fingerprint density at radius 3 is 2.38 bits per heavy atom. The zero-order chi connectivity index (χ0) is 19.3. The fourth-order valence-corrected chi connectivity index (χ4v) is 3.50. The fourth-order valence-electron chi connectivity index (χ4n) is 2.65. The Kier molecular flexibility index (Phi) is 6.60. The van der Waals surface area contributed by atoms with Crippen molar-refractivity contribution < 1.29 is 22.7 Å². The maximum Gasteiger partial charge on any atom is 0.253 e. The van der Waals surface area contributed by atoms with Gasteiger partial charge in [-0.05, 0) is 37.1 Å². The van der Waals surface area contributed by atoms with E-state index in [0.717, 1.165) is 23.4 Å². The number of nitrogens with zero attached hydrogens (tertiary/aromatic N) is 2. The topological polar surface area (TPSA) is 96.0 Å². The van der Waals surface area contributed by atoms with E-state index in [1.54, 1.807) is 26.2 Å². The average Bonchev–Trinajstić information content (AvgIpc) is 3.10. The van der Waals surface area contributed by atoms with E-state index < -0.39 is 15.9 Å². The highest BCUT2D eigenvalue weighted by Gasteiger charge is 2.22. The second kappa shape index (κ2) is 8.50. The molecule has 1 saturated heterocycles. The van der Waals surface area contributed by atoms with Crippen molar-refractivity contribution in [3.8, 4) is 0 Å². The first kappa shape index (κ1) is 20.2. The number of rotatable bonds is 7. The molecule has 1 N–H and O–H groups in total. The molecule has 2 amide bonds. The Labute approximate surface area is 154 Å². The van der Waals surface area contributed by atoms with Gasteiger partial charge in [-0.15, -0.1) is 0 Å². The first-order chi connectivity index (χ1) is 12.2. The number of hydrogen-bond acceptors (Lipinski definition) is 5. The third-order valence-electron chi connectivity index (χ3n) is 4.05. The monoisotopic (exact) mass is 383 g/mol. The molecule has 1 heterocycles. The van der Waals surface area contributed by atoms with E-state index in [0.29, 0.717) is 24.4 Å². The van der Waals surface area contributed by atoms with Crippen LogP contribution < -0.4 is 9.62 Å². The largest absolute Gasteiger partial charge is 0.376 e. The number of hydrogen-bond donors (Lipinski definition) is 1. The summed E-state index contributed by atoms with van der Waals surface area (Å²) in [5.41, 5.74) is 0.769. The SMILES string of the molecule is CN(C)C(=O)c1ccc(N(CC(=O)NCC2CCCO2)S(C)(=O)=O)cc1. The van der Waals surface area contributed by atoms with Crippen LogP contribution in [0.3, 0.4) is 0 Å². The highest BCUT2D eigenvalue weighted by atomic mass is 32.2. The van der Waals surface area contributed by atoms with E-state index >= 15 is 0 Å². The van der Waals surface area contributed by atoms with Gasteiger partial charge in [0.1, 0.15) is 6.54 Å². The summed E-state index contributed by atoms with van der Waals surface area (Å²) in [5, 5.41) is 2.71. The Balaban J connectivity index is 2.07. The first-order valence-electron chi connectivity index (χ1n) is 8.36. The summed E-state index contributed by atoms with van der Waals surface area (Å²) in [4.78, 5) is 25.5. The Morgan fingerprint density at radius 2 is 1.88 bits per heavy atom. The number of carbonyl (C=O) groups excluding carboxylic acids is 2. The van der Waals surface area contributed by atoms with E-state index in [2.05, 4.69) is 5.32 Å². The lowest BCUT2D eigenvalue weighted by Gasteiger charge is -2.22.